The average Bonchev–Trinajstić information content (AvgIpc) is 4.10. The standard InChI is InChI=1S/C53H75N7O11Si2/c1-30(2)72(31(3)4,32(5)6)64-28-37-42-44(70-52(10,11)68-42)49(66-37)60-38(57-40-46(54)55-29-56-47(40)60)25-24-36(61)41-43-45(71-53(12,13)69-43)48(67-41)59-33(26-39(62)58-50(59)63)27-65-73(51(7,8)9,34-20-16-14-17-21-34)35-22-18-15-19-23-35/h14-23,26,29-32,36-37,41-45,48-49,61H,24-25,27-28H2,1-13H3,(H2,54,55,56)(H,58,62,63)/t36-,37+,41+,42+,43+,44+,45+,48+,49+/m0/s1. The third-order valence-corrected chi connectivity index (χ3v) is 26.5. The molecule has 7 heterocycles. The second-order valence-corrected chi connectivity index (χ2v) is 32.8. The lowest BCUT2D eigenvalue weighted by Gasteiger charge is -2.43. The van der Waals surface area contributed by atoms with Crippen molar-refractivity contribution < 1.29 is 42.4 Å². The van der Waals surface area contributed by atoms with Gasteiger partial charge in [0.2, 0.25) is 0 Å². The summed E-state index contributed by atoms with van der Waals surface area (Å²) in [5, 5.41) is 14.0. The Morgan fingerprint density at radius 3 is 1.89 bits per heavy atom. The van der Waals surface area contributed by atoms with E-state index in [4.69, 9.17) is 48.0 Å². The lowest BCUT2D eigenvalue weighted by molar-refractivity contribution is -0.208. The van der Waals surface area contributed by atoms with Gasteiger partial charge >= 0.3 is 5.69 Å². The largest absolute Gasteiger partial charge is 0.413 e. The molecule has 0 radical (unpaired) electrons. The van der Waals surface area contributed by atoms with Crippen LogP contribution >= 0.6 is 0 Å². The zero-order valence-corrected chi connectivity index (χ0v) is 46.5. The van der Waals surface area contributed by atoms with Crippen molar-refractivity contribution in [2.45, 2.75) is 198 Å². The fraction of sp³-hybridized carbons (Fsp3) is 0.604. The molecule has 4 N–H and O–H groups in total. The van der Waals surface area contributed by atoms with Crippen molar-refractivity contribution in [1.29, 1.82) is 0 Å². The van der Waals surface area contributed by atoms with Gasteiger partial charge in [-0.05, 0) is 66.2 Å². The van der Waals surface area contributed by atoms with E-state index in [9.17, 15) is 14.7 Å². The number of ether oxygens (including phenoxy) is 6. The highest BCUT2D eigenvalue weighted by atomic mass is 28.4. The maximum Gasteiger partial charge on any atom is 0.330 e. The van der Waals surface area contributed by atoms with E-state index in [1.807, 2.05) is 54.8 Å². The number of aliphatic hydroxyl groups excluding tert-OH is 1. The Morgan fingerprint density at radius 1 is 0.767 bits per heavy atom. The van der Waals surface area contributed by atoms with Crippen LogP contribution in [0, 0.1) is 0 Å². The molecule has 4 aliphatic heterocycles. The summed E-state index contributed by atoms with van der Waals surface area (Å²) in [6, 6.07) is 21.6. The molecule has 0 amide bonds. The quantitative estimate of drug-likeness (QED) is 0.0864. The van der Waals surface area contributed by atoms with Crippen LogP contribution in [0.5, 0.6) is 0 Å². The summed E-state index contributed by atoms with van der Waals surface area (Å²) >= 11 is 0. The SMILES string of the molecule is CC(C)[Si](OC[C@H]1O[C@@H](n2c(CC[C@H](O)[C@H]3O[C@@H](n4c(CO[Si](c5ccccc5)(c5ccccc5)C(C)(C)C)cc(=O)[nH]c4=O)[C@@H]4OC(C)(C)O[C@@H]43)nc3c(N)ncnc32)[C@@H]2OC(C)(C)O[C@@H]21)(C(C)C)C(C)C. The van der Waals surface area contributed by atoms with Crippen molar-refractivity contribution >= 4 is 44.0 Å². The highest BCUT2D eigenvalue weighted by Crippen LogP contribution is 2.49. The van der Waals surface area contributed by atoms with Crippen molar-refractivity contribution in [2.75, 3.05) is 12.3 Å². The van der Waals surface area contributed by atoms with Gasteiger partial charge < -0.3 is 48.1 Å². The second kappa shape index (κ2) is 19.9. The number of imidazole rings is 1. The average molecular weight is 1040 g/mol. The topological polar surface area (TPSA) is 219 Å². The lowest BCUT2D eigenvalue weighted by atomic mass is 10.0. The third-order valence-electron chi connectivity index (χ3n) is 15.4. The Labute approximate surface area is 429 Å². The number of anilines is 1. The van der Waals surface area contributed by atoms with E-state index >= 15 is 0 Å². The minimum Gasteiger partial charge on any atom is -0.413 e. The first-order valence-corrected chi connectivity index (χ1v) is 29.8. The number of H-pyrrole nitrogens is 1. The molecule has 4 aliphatic rings. The number of hydrogen-bond donors (Lipinski definition) is 3. The molecular formula is C53H75N7O11Si2. The highest BCUT2D eigenvalue weighted by molar-refractivity contribution is 6.99. The molecule has 0 saturated carbocycles. The van der Waals surface area contributed by atoms with Crippen molar-refractivity contribution in [2.24, 2.45) is 0 Å². The summed E-state index contributed by atoms with van der Waals surface area (Å²) in [6.07, 6.45) is -5.51. The van der Waals surface area contributed by atoms with Crippen molar-refractivity contribution in [3.63, 3.8) is 0 Å². The van der Waals surface area contributed by atoms with Crippen LogP contribution in [0.15, 0.2) is 82.6 Å². The molecule has 0 bridgehead atoms. The van der Waals surface area contributed by atoms with Gasteiger partial charge in [-0.3, -0.25) is 18.9 Å². The fourth-order valence-electron chi connectivity index (χ4n) is 12.6. The van der Waals surface area contributed by atoms with E-state index in [1.165, 1.54) is 17.0 Å². The predicted octanol–water partition coefficient (Wildman–Crippen LogP) is 6.36. The number of nitrogen functional groups attached to an aromatic ring is 1. The van der Waals surface area contributed by atoms with Gasteiger partial charge in [-0.1, -0.05) is 123 Å². The van der Waals surface area contributed by atoms with Crippen molar-refractivity contribution in [3.8, 4) is 0 Å². The number of hydrogen-bond acceptors (Lipinski definition) is 15. The number of aryl methyl sites for hydroxylation is 1. The summed E-state index contributed by atoms with van der Waals surface area (Å²) in [4.78, 5) is 43.8. The summed E-state index contributed by atoms with van der Waals surface area (Å²) < 4.78 is 57.5. The molecule has 2 aromatic carbocycles. The molecule has 0 unspecified atom stereocenters. The first-order valence-electron chi connectivity index (χ1n) is 25.8. The Balaban J connectivity index is 1.02. The zero-order valence-electron chi connectivity index (χ0n) is 44.5. The smallest absolute Gasteiger partial charge is 0.330 e. The Kier molecular flexibility index (Phi) is 14.6. The van der Waals surface area contributed by atoms with Crippen LogP contribution in [0.2, 0.25) is 21.7 Å². The number of nitrogens with one attached hydrogen (secondary N) is 1. The van der Waals surface area contributed by atoms with E-state index in [-0.39, 0.29) is 31.0 Å². The normalized spacial score (nSPS) is 26.4. The van der Waals surface area contributed by atoms with E-state index in [2.05, 4.69) is 102 Å². The Bertz CT molecular complexity index is 2810. The minimum absolute atomic E-state index is 0.108. The van der Waals surface area contributed by atoms with Crippen LogP contribution in [-0.2, 0) is 50.3 Å². The molecule has 9 rings (SSSR count). The fourth-order valence-corrected chi connectivity index (χ4v) is 22.6. The van der Waals surface area contributed by atoms with Crippen LogP contribution < -0.4 is 27.4 Å². The second-order valence-electron chi connectivity index (χ2n) is 23.0. The molecule has 9 atom stereocenters. The predicted molar refractivity (Wildman–Crippen MR) is 280 cm³/mol. The van der Waals surface area contributed by atoms with Crippen LogP contribution in [-0.4, -0.2) is 112 Å². The maximum atomic E-state index is 14.2. The monoisotopic (exact) mass is 1040 g/mol. The van der Waals surface area contributed by atoms with Gasteiger partial charge in [0.15, 0.2) is 49.3 Å². The van der Waals surface area contributed by atoms with Gasteiger partial charge in [-0.25, -0.2) is 19.7 Å². The molecule has 0 spiro atoms. The zero-order chi connectivity index (χ0) is 52.6. The first kappa shape index (κ1) is 53.4. The number of aromatic amines is 1. The number of nitrogens with two attached hydrogens (primary N) is 1. The highest BCUT2D eigenvalue weighted by Gasteiger charge is 2.60. The summed E-state index contributed by atoms with van der Waals surface area (Å²) in [7, 11) is -5.44. The van der Waals surface area contributed by atoms with Crippen LogP contribution in [0.1, 0.15) is 120 Å². The summed E-state index contributed by atoms with van der Waals surface area (Å²) in [5.74, 6) is -1.31. The molecule has 18 nitrogen and oxygen atoms in total. The number of aliphatic hydroxyl groups is 1. The third kappa shape index (κ3) is 9.63. The van der Waals surface area contributed by atoms with Gasteiger partial charge in [-0.2, -0.15) is 0 Å². The Hall–Kier alpha value is -4.46. The molecule has 4 saturated heterocycles. The minimum atomic E-state index is -3.14. The van der Waals surface area contributed by atoms with Crippen molar-refractivity contribution in [3.05, 3.63) is 105 Å². The number of benzene rings is 2. The van der Waals surface area contributed by atoms with Crippen LogP contribution in [0.25, 0.3) is 11.2 Å². The van der Waals surface area contributed by atoms with E-state index in [1.54, 1.807) is 13.8 Å². The molecule has 73 heavy (non-hydrogen) atoms. The number of fused-ring (bicyclic) bond motifs is 3. The lowest BCUT2D eigenvalue weighted by Crippen LogP contribution is -2.66. The van der Waals surface area contributed by atoms with Gasteiger partial charge in [0.25, 0.3) is 13.9 Å². The molecule has 4 fully saturated rings. The Morgan fingerprint density at radius 2 is 1.32 bits per heavy atom. The molecule has 396 valence electrons. The molecule has 20 heteroatoms. The molecule has 0 aliphatic carbocycles. The van der Waals surface area contributed by atoms with Gasteiger partial charge in [0, 0.05) is 12.5 Å². The first-order chi connectivity index (χ1) is 34.4. The molecular weight excluding hydrogens is 967 g/mol. The molecule has 5 aromatic rings. The summed E-state index contributed by atoms with van der Waals surface area (Å²) in [6.45, 7) is 27.6. The van der Waals surface area contributed by atoms with Gasteiger partial charge in [0.05, 0.1) is 25.0 Å². The van der Waals surface area contributed by atoms with Crippen molar-refractivity contribution in [1.82, 2.24) is 29.1 Å². The van der Waals surface area contributed by atoms with E-state index < -0.39 is 99.7 Å². The number of rotatable bonds is 17. The summed E-state index contributed by atoms with van der Waals surface area (Å²) in [5.41, 5.74) is 7.38. The van der Waals surface area contributed by atoms with Gasteiger partial charge in [0.1, 0.15) is 48.8 Å². The van der Waals surface area contributed by atoms with Crippen LogP contribution in [0.3, 0.4) is 0 Å². The number of aromatic nitrogens is 6. The number of nitrogens with zero attached hydrogens (tertiary/aromatic N) is 5. The van der Waals surface area contributed by atoms with Gasteiger partial charge in [-0.15, -0.1) is 0 Å². The van der Waals surface area contributed by atoms with E-state index in [0.717, 1.165) is 10.4 Å². The van der Waals surface area contributed by atoms with E-state index in [0.29, 0.717) is 40.2 Å². The maximum absolute atomic E-state index is 14.2. The molecule has 3 aromatic heterocycles. The van der Waals surface area contributed by atoms with Crippen LogP contribution in [0.4, 0.5) is 5.82 Å².